The summed E-state index contributed by atoms with van der Waals surface area (Å²) in [5.74, 6) is 0. The van der Waals surface area contributed by atoms with Crippen LogP contribution < -0.4 is 0 Å². The molecule has 10 heavy (non-hydrogen) atoms. The van der Waals surface area contributed by atoms with Crippen LogP contribution in [0.15, 0.2) is 0 Å². The van der Waals surface area contributed by atoms with E-state index in [9.17, 15) is 0 Å². The summed E-state index contributed by atoms with van der Waals surface area (Å²) in [6, 6.07) is 0. The molecule has 0 spiro atoms. The van der Waals surface area contributed by atoms with E-state index >= 15 is 0 Å². The molecule has 0 saturated carbocycles. The predicted octanol–water partition coefficient (Wildman–Crippen LogP) is 2.24. The number of hydrogen-bond acceptors (Lipinski definition) is 10. The third kappa shape index (κ3) is 8.43. The van der Waals surface area contributed by atoms with Crippen molar-refractivity contribution in [2.24, 2.45) is 0 Å². The van der Waals surface area contributed by atoms with E-state index in [0.717, 1.165) is 0 Å². The van der Waals surface area contributed by atoms with Crippen molar-refractivity contribution in [3.63, 3.8) is 0 Å². The van der Waals surface area contributed by atoms with E-state index in [0.29, 0.717) is 0 Å². The third-order valence-electron chi connectivity index (χ3n) is 0.286. The molecule has 10 heteroatoms. The van der Waals surface area contributed by atoms with Gasteiger partial charge in [0.1, 0.15) is 0 Å². The Labute approximate surface area is 96.9 Å². The zero-order chi connectivity index (χ0) is 8.15. The average molecular weight is 272 g/mol. The Kier molecular flexibility index (Phi) is 8.39. The van der Waals surface area contributed by atoms with Crippen molar-refractivity contribution in [3.05, 3.63) is 0 Å². The Balaban J connectivity index is 3.34. The summed E-state index contributed by atoms with van der Waals surface area (Å²) in [6.07, 6.45) is 0. The average Bonchev–Trinajstić information content (AvgIpc) is 1.58. The largest absolute Gasteiger partial charge is 0.128 e. The van der Waals surface area contributed by atoms with Crippen molar-refractivity contribution in [2.75, 3.05) is 0 Å². The molecule has 0 unspecified atom stereocenters. The Morgan fingerprint density at radius 3 is 1.20 bits per heavy atom. The smallest absolute Gasteiger partial charge is 0.0541 e. The standard InChI is InChI=1S/H5N3S7/c4-1(5)9-3(8)10-2(6)7/h4-8H. The molecule has 0 aliphatic carbocycles. The first-order valence-corrected chi connectivity index (χ1v) is 5.19. The molecule has 0 radical (unpaired) electrons. The first kappa shape index (κ1) is 12.3. The first-order chi connectivity index (χ1) is 4.52. The fraction of sp³-hybridized carbons (Fsp3) is 0. The van der Waals surface area contributed by atoms with Crippen molar-refractivity contribution >= 4 is 88.3 Å². The minimum Gasteiger partial charge on any atom is -0.128 e. The molecular weight excluding hydrogens is 266 g/mol. The third-order valence-corrected chi connectivity index (χ3v) is 2.57. The second kappa shape index (κ2) is 6.80. The molecule has 0 saturated heterocycles. The summed E-state index contributed by atoms with van der Waals surface area (Å²) >= 11 is 21.7. The molecule has 0 aromatic carbocycles. The topological polar surface area (TPSA) is 9.72 Å². The summed E-state index contributed by atoms with van der Waals surface area (Å²) in [6.45, 7) is 0. The lowest BCUT2D eigenvalue weighted by Gasteiger charge is -2.15. The van der Waals surface area contributed by atoms with Crippen molar-refractivity contribution in [3.8, 4) is 0 Å². The Morgan fingerprint density at radius 2 is 1.00 bits per heavy atom. The quantitative estimate of drug-likeness (QED) is 0.395. The lowest BCUT2D eigenvalue weighted by atomic mass is 13.8. The normalized spacial score (nSPS) is 12.0. The molecule has 0 aromatic heterocycles. The van der Waals surface area contributed by atoms with Crippen LogP contribution in [0.2, 0.25) is 0 Å². The highest BCUT2D eigenvalue weighted by Gasteiger charge is 2.06. The van der Waals surface area contributed by atoms with E-state index in [4.69, 9.17) is 0 Å². The Hall–Kier alpha value is 2.33. The molecule has 0 fully saturated rings. The molecule has 0 N–H and O–H groups in total. The molecule has 0 aliphatic rings. The van der Waals surface area contributed by atoms with Crippen LogP contribution in [0.5, 0.6) is 0 Å². The second-order valence-corrected chi connectivity index (χ2v) is 7.18. The van der Waals surface area contributed by atoms with Gasteiger partial charge in [0.15, 0.2) is 0 Å². The maximum Gasteiger partial charge on any atom is 0.0541 e. The minimum absolute atomic E-state index is 1.17. The molecule has 0 amide bonds. The zero-order valence-electron chi connectivity index (χ0n) is 4.39. The van der Waals surface area contributed by atoms with E-state index < -0.39 is 0 Å². The van der Waals surface area contributed by atoms with E-state index in [2.05, 4.69) is 64.1 Å². The number of nitrogens with zero attached hydrogens (tertiary/aromatic N) is 3. The maximum absolute atomic E-state index is 3.99. The molecule has 62 valence electrons. The number of rotatable bonds is 4. The van der Waals surface area contributed by atoms with Crippen molar-refractivity contribution in [1.29, 1.82) is 0 Å². The van der Waals surface area contributed by atoms with Crippen LogP contribution in [0.1, 0.15) is 0 Å². The van der Waals surface area contributed by atoms with Gasteiger partial charge < -0.3 is 0 Å². The SMILES string of the molecule is SN(S)SN(S)SN(S)S. The molecule has 0 rings (SSSR count). The van der Waals surface area contributed by atoms with E-state index in [1.807, 2.05) is 0 Å². The van der Waals surface area contributed by atoms with Gasteiger partial charge in [0, 0.05) is 0 Å². The maximum atomic E-state index is 3.99. The summed E-state index contributed by atoms with van der Waals surface area (Å²) < 4.78 is 4.07. The molecule has 0 atom stereocenters. The lowest BCUT2D eigenvalue weighted by Crippen LogP contribution is -1.99. The van der Waals surface area contributed by atoms with Gasteiger partial charge in [-0.25, -0.2) is 0 Å². The highest BCUT2D eigenvalue weighted by molar-refractivity contribution is 8.28. The van der Waals surface area contributed by atoms with Gasteiger partial charge in [-0.05, 0) is 0 Å². The van der Waals surface area contributed by atoms with Crippen molar-refractivity contribution < 1.29 is 0 Å². The van der Waals surface area contributed by atoms with Gasteiger partial charge in [0.05, 0.1) is 24.3 Å². The van der Waals surface area contributed by atoms with Gasteiger partial charge in [0.2, 0.25) is 0 Å². The summed E-state index contributed by atoms with van der Waals surface area (Å²) in [7, 11) is 0. The van der Waals surface area contributed by atoms with Crippen LogP contribution in [0.4, 0.5) is 0 Å². The monoisotopic (exact) mass is 271 g/mol. The van der Waals surface area contributed by atoms with E-state index in [1.165, 1.54) is 33.6 Å². The Morgan fingerprint density at radius 1 is 0.700 bits per heavy atom. The fourth-order valence-electron chi connectivity index (χ4n) is 0.140. The highest BCUT2D eigenvalue weighted by atomic mass is 32.3. The summed E-state index contributed by atoms with van der Waals surface area (Å²) in [4.78, 5) is 0. The van der Waals surface area contributed by atoms with Crippen molar-refractivity contribution in [2.45, 2.75) is 0 Å². The van der Waals surface area contributed by atoms with Gasteiger partial charge in [0.25, 0.3) is 0 Å². The van der Waals surface area contributed by atoms with Crippen LogP contribution in [-0.2, 0) is 0 Å². The van der Waals surface area contributed by atoms with Gasteiger partial charge in [-0.15, -0.1) is 9.35 Å². The molecule has 0 bridgehead atoms. The van der Waals surface area contributed by atoms with Gasteiger partial charge in [-0.2, -0.15) is 0 Å². The molecule has 0 aliphatic heterocycles. The van der Waals surface area contributed by atoms with Crippen LogP contribution in [-0.4, -0.2) is 9.35 Å². The lowest BCUT2D eigenvalue weighted by molar-refractivity contribution is 1.15. The molecule has 0 aromatic rings. The molecule has 3 nitrogen and oxygen atoms in total. The Bertz CT molecular complexity index is 70.9. The van der Waals surface area contributed by atoms with Gasteiger partial charge in [-0.1, -0.05) is 64.1 Å². The number of hydrogen-bond donors (Lipinski definition) is 5. The van der Waals surface area contributed by atoms with Gasteiger partial charge >= 0.3 is 0 Å². The van der Waals surface area contributed by atoms with Crippen LogP contribution in [0.3, 0.4) is 0 Å². The highest BCUT2D eigenvalue weighted by Crippen LogP contribution is 2.33. The van der Waals surface area contributed by atoms with Crippen LogP contribution >= 0.6 is 88.3 Å². The fourth-order valence-corrected chi connectivity index (χ4v) is 3.51. The molecule has 0 heterocycles. The van der Waals surface area contributed by atoms with Crippen LogP contribution in [0.25, 0.3) is 0 Å². The van der Waals surface area contributed by atoms with Gasteiger partial charge in [-0.3, -0.25) is 0 Å². The first-order valence-electron chi connectivity index (χ1n) is 1.73. The predicted molar refractivity (Wildman–Crippen MR) is 65.6 cm³/mol. The van der Waals surface area contributed by atoms with E-state index in [1.54, 1.807) is 0 Å². The number of thiol groups is 5. The molecular formula is H5N3S7. The summed E-state index contributed by atoms with van der Waals surface area (Å²) in [5, 5.41) is 0. The van der Waals surface area contributed by atoms with Crippen molar-refractivity contribution in [1.82, 2.24) is 9.35 Å². The second-order valence-electron chi connectivity index (χ2n) is 0.907. The van der Waals surface area contributed by atoms with Crippen LogP contribution in [0, 0.1) is 0 Å². The zero-order valence-corrected chi connectivity index (χ0v) is 10.5. The summed E-state index contributed by atoms with van der Waals surface area (Å²) in [5.41, 5.74) is 0. The van der Waals surface area contributed by atoms with E-state index in [-0.39, 0.29) is 0 Å². The minimum atomic E-state index is 1.17.